The number of hydrogen-bond acceptors (Lipinski definition) is 7. The molecule has 2 aromatic carbocycles. The standard InChI is InChI=1S/C23H19FN2O6S/c1-2-32-23(29)21-18(15-4-3-5-17(12-15)26(30)31)13-33-22(21)25-20(28)11-10-19(27)14-6-8-16(24)9-7-14/h3-9,12-13H,2,10-11H2,1H3,(H,25,28). The molecule has 0 saturated heterocycles. The third-order valence-corrected chi connectivity index (χ3v) is 5.53. The fourth-order valence-corrected chi connectivity index (χ4v) is 4.03. The number of Topliss-reactive ketones (excluding diaryl/α,β-unsaturated/α-hetero) is 1. The Morgan fingerprint density at radius 2 is 1.85 bits per heavy atom. The lowest BCUT2D eigenvalue weighted by Gasteiger charge is -2.09. The Labute approximate surface area is 192 Å². The highest BCUT2D eigenvalue weighted by atomic mass is 32.1. The van der Waals surface area contributed by atoms with Crippen molar-refractivity contribution in [3.8, 4) is 11.1 Å². The molecule has 1 amide bonds. The number of nitrogens with one attached hydrogen (secondary N) is 1. The van der Waals surface area contributed by atoms with Gasteiger partial charge in [-0.05, 0) is 36.8 Å². The van der Waals surface area contributed by atoms with Crippen LogP contribution < -0.4 is 5.32 Å². The number of halogens is 1. The van der Waals surface area contributed by atoms with Crippen molar-refractivity contribution in [2.24, 2.45) is 0 Å². The van der Waals surface area contributed by atoms with Crippen molar-refractivity contribution in [3.05, 3.63) is 81.0 Å². The predicted octanol–water partition coefficient (Wildman–Crippen LogP) is 5.24. The number of hydrogen-bond donors (Lipinski definition) is 1. The van der Waals surface area contributed by atoms with Crippen molar-refractivity contribution in [2.45, 2.75) is 19.8 Å². The number of ether oxygens (including phenoxy) is 1. The zero-order chi connectivity index (χ0) is 24.0. The molecule has 0 saturated carbocycles. The van der Waals surface area contributed by atoms with Gasteiger partial charge in [0.15, 0.2) is 5.78 Å². The number of amides is 1. The third kappa shape index (κ3) is 5.86. The molecular weight excluding hydrogens is 451 g/mol. The van der Waals surface area contributed by atoms with Gasteiger partial charge >= 0.3 is 5.97 Å². The average Bonchev–Trinajstić information content (AvgIpc) is 3.21. The monoisotopic (exact) mass is 470 g/mol. The molecule has 1 aromatic heterocycles. The largest absolute Gasteiger partial charge is 0.462 e. The number of benzene rings is 2. The molecule has 33 heavy (non-hydrogen) atoms. The van der Waals surface area contributed by atoms with Gasteiger partial charge in [-0.15, -0.1) is 11.3 Å². The SMILES string of the molecule is CCOC(=O)c1c(-c2cccc([N+](=O)[O-])c2)csc1NC(=O)CCC(=O)c1ccc(F)cc1. The molecule has 0 radical (unpaired) electrons. The van der Waals surface area contributed by atoms with Crippen molar-refractivity contribution in [1.29, 1.82) is 0 Å². The Balaban J connectivity index is 1.79. The minimum atomic E-state index is -0.682. The van der Waals surface area contributed by atoms with Crippen LogP contribution in [0.15, 0.2) is 53.9 Å². The summed E-state index contributed by atoms with van der Waals surface area (Å²) in [4.78, 5) is 47.9. The van der Waals surface area contributed by atoms with E-state index in [-0.39, 0.29) is 41.5 Å². The maximum Gasteiger partial charge on any atom is 0.341 e. The second-order valence-corrected chi connectivity index (χ2v) is 7.74. The second kappa shape index (κ2) is 10.6. The maximum atomic E-state index is 13.0. The van der Waals surface area contributed by atoms with E-state index in [2.05, 4.69) is 5.32 Å². The minimum absolute atomic E-state index is 0.0839. The zero-order valence-electron chi connectivity index (χ0n) is 17.5. The quantitative estimate of drug-likeness (QED) is 0.198. The number of rotatable bonds is 9. The number of carbonyl (C=O) groups excluding carboxylic acids is 3. The molecule has 0 bridgehead atoms. The molecule has 0 aliphatic rings. The van der Waals surface area contributed by atoms with Gasteiger partial charge in [-0.1, -0.05) is 12.1 Å². The summed E-state index contributed by atoms with van der Waals surface area (Å²) >= 11 is 1.07. The highest BCUT2D eigenvalue weighted by Crippen LogP contribution is 2.37. The predicted molar refractivity (Wildman–Crippen MR) is 121 cm³/mol. The molecule has 8 nitrogen and oxygen atoms in total. The van der Waals surface area contributed by atoms with Gasteiger partial charge in [-0.3, -0.25) is 19.7 Å². The molecule has 0 atom stereocenters. The van der Waals surface area contributed by atoms with Gasteiger partial charge in [0.05, 0.1) is 11.5 Å². The van der Waals surface area contributed by atoms with Gasteiger partial charge in [0.25, 0.3) is 5.69 Å². The van der Waals surface area contributed by atoms with Crippen LogP contribution in [-0.2, 0) is 9.53 Å². The number of ketones is 1. The highest BCUT2D eigenvalue weighted by Gasteiger charge is 2.24. The van der Waals surface area contributed by atoms with Gasteiger partial charge in [-0.2, -0.15) is 0 Å². The molecule has 0 unspecified atom stereocenters. The van der Waals surface area contributed by atoms with E-state index in [1.54, 1.807) is 18.4 Å². The number of nitro groups is 1. The van der Waals surface area contributed by atoms with E-state index in [9.17, 15) is 28.9 Å². The smallest absolute Gasteiger partial charge is 0.341 e. The summed E-state index contributed by atoms with van der Waals surface area (Å²) in [5.41, 5.74) is 1.05. The topological polar surface area (TPSA) is 116 Å². The van der Waals surface area contributed by atoms with E-state index < -0.39 is 22.6 Å². The number of nitrogens with zero attached hydrogens (tertiary/aromatic N) is 1. The first-order valence-corrected chi connectivity index (χ1v) is 10.8. The van der Waals surface area contributed by atoms with Crippen molar-refractivity contribution in [2.75, 3.05) is 11.9 Å². The van der Waals surface area contributed by atoms with E-state index >= 15 is 0 Å². The first kappa shape index (κ1) is 23.7. The summed E-state index contributed by atoms with van der Waals surface area (Å²) < 4.78 is 18.1. The Morgan fingerprint density at radius 1 is 1.12 bits per heavy atom. The fraction of sp³-hybridized carbons (Fsp3) is 0.174. The summed E-state index contributed by atoms with van der Waals surface area (Å²) in [5, 5.41) is 15.6. The summed E-state index contributed by atoms with van der Waals surface area (Å²) in [6.07, 6.45) is -0.252. The average molecular weight is 470 g/mol. The normalized spacial score (nSPS) is 10.5. The van der Waals surface area contributed by atoms with Crippen LogP contribution in [0, 0.1) is 15.9 Å². The lowest BCUT2D eigenvalue weighted by molar-refractivity contribution is -0.384. The van der Waals surface area contributed by atoms with Crippen LogP contribution in [0.2, 0.25) is 0 Å². The molecule has 0 aliphatic heterocycles. The number of anilines is 1. The van der Waals surface area contributed by atoms with Crippen LogP contribution in [0.1, 0.15) is 40.5 Å². The summed E-state index contributed by atoms with van der Waals surface area (Å²) in [6.45, 7) is 1.74. The molecule has 10 heteroatoms. The Hall–Kier alpha value is -3.92. The molecule has 0 aliphatic carbocycles. The van der Waals surface area contributed by atoms with Gasteiger partial charge in [-0.25, -0.2) is 9.18 Å². The number of thiophene rings is 1. The number of carbonyl (C=O) groups is 3. The van der Waals surface area contributed by atoms with Crippen LogP contribution in [0.25, 0.3) is 11.1 Å². The van der Waals surface area contributed by atoms with Crippen LogP contribution in [0.4, 0.5) is 15.1 Å². The van der Waals surface area contributed by atoms with Crippen LogP contribution in [-0.4, -0.2) is 29.2 Å². The molecule has 0 spiro atoms. The van der Waals surface area contributed by atoms with E-state index in [0.717, 1.165) is 11.3 Å². The zero-order valence-corrected chi connectivity index (χ0v) is 18.3. The van der Waals surface area contributed by atoms with E-state index in [1.165, 1.54) is 42.5 Å². The van der Waals surface area contributed by atoms with Gasteiger partial charge in [0, 0.05) is 41.5 Å². The lowest BCUT2D eigenvalue weighted by Crippen LogP contribution is -2.15. The fourth-order valence-electron chi connectivity index (χ4n) is 3.05. The van der Waals surface area contributed by atoms with Crippen molar-refractivity contribution in [3.63, 3.8) is 0 Å². The van der Waals surface area contributed by atoms with Crippen molar-refractivity contribution in [1.82, 2.24) is 0 Å². The maximum absolute atomic E-state index is 13.0. The summed E-state index contributed by atoms with van der Waals surface area (Å²) in [6, 6.07) is 10.8. The molecule has 1 N–H and O–H groups in total. The number of esters is 1. The summed E-state index contributed by atoms with van der Waals surface area (Å²) in [7, 11) is 0. The molecule has 1 heterocycles. The first-order chi connectivity index (χ1) is 15.8. The van der Waals surface area contributed by atoms with Crippen LogP contribution in [0.3, 0.4) is 0 Å². The van der Waals surface area contributed by atoms with E-state index in [4.69, 9.17) is 4.74 Å². The van der Waals surface area contributed by atoms with Crippen LogP contribution >= 0.6 is 11.3 Å². The van der Waals surface area contributed by atoms with Gasteiger partial charge in [0.2, 0.25) is 5.91 Å². The Kier molecular flexibility index (Phi) is 7.62. The lowest BCUT2D eigenvalue weighted by atomic mass is 10.0. The minimum Gasteiger partial charge on any atom is -0.462 e. The Bertz CT molecular complexity index is 1210. The van der Waals surface area contributed by atoms with E-state index in [1.807, 2.05) is 0 Å². The molecule has 0 fully saturated rings. The second-order valence-electron chi connectivity index (χ2n) is 6.86. The third-order valence-electron chi connectivity index (χ3n) is 4.64. The van der Waals surface area contributed by atoms with E-state index in [0.29, 0.717) is 16.7 Å². The van der Waals surface area contributed by atoms with Gasteiger partial charge in [0.1, 0.15) is 16.4 Å². The van der Waals surface area contributed by atoms with Crippen molar-refractivity contribution >= 4 is 39.7 Å². The first-order valence-electron chi connectivity index (χ1n) is 9.92. The number of nitro benzene ring substituents is 1. The van der Waals surface area contributed by atoms with Gasteiger partial charge < -0.3 is 10.1 Å². The molecule has 3 aromatic rings. The molecule has 3 rings (SSSR count). The number of non-ortho nitro benzene ring substituents is 1. The van der Waals surface area contributed by atoms with Crippen molar-refractivity contribution < 1.29 is 28.4 Å². The molecule has 170 valence electrons. The van der Waals surface area contributed by atoms with Crippen LogP contribution in [0.5, 0.6) is 0 Å². The summed E-state index contributed by atoms with van der Waals surface area (Å²) in [5.74, 6) is -1.96. The Morgan fingerprint density at radius 3 is 2.52 bits per heavy atom. The molecular formula is C23H19FN2O6S. The highest BCUT2D eigenvalue weighted by molar-refractivity contribution is 7.15.